The minimum absolute atomic E-state index is 0.122. The fraction of sp³-hybridized carbons (Fsp3) is 0.167. The molecule has 1 amide bonds. The second-order valence-electron chi connectivity index (χ2n) is 7.59. The summed E-state index contributed by atoms with van der Waals surface area (Å²) in [6, 6.07) is 17.0. The predicted octanol–water partition coefficient (Wildman–Crippen LogP) is 4.32. The number of benzene rings is 3. The van der Waals surface area contributed by atoms with Crippen LogP contribution in [0, 0.1) is 5.82 Å². The van der Waals surface area contributed by atoms with E-state index in [2.05, 4.69) is 15.0 Å². The number of nitrogens with one attached hydrogen (secondary N) is 2. The number of amides is 1. The van der Waals surface area contributed by atoms with Crippen molar-refractivity contribution in [3.8, 4) is 11.4 Å². The molecule has 0 bridgehead atoms. The summed E-state index contributed by atoms with van der Waals surface area (Å²) in [7, 11) is -2.08. The Labute approximate surface area is 191 Å². The molecule has 0 aliphatic carbocycles. The molecule has 0 radical (unpaired) electrons. The first kappa shape index (κ1) is 22.5. The number of fused-ring (bicyclic) bond motifs is 1. The lowest BCUT2D eigenvalue weighted by molar-refractivity contribution is 0.0953. The molecule has 1 heterocycles. The van der Waals surface area contributed by atoms with Gasteiger partial charge in [0.25, 0.3) is 15.9 Å². The highest BCUT2D eigenvalue weighted by molar-refractivity contribution is 7.92. The topological polar surface area (TPSA) is 93.1 Å². The van der Waals surface area contributed by atoms with Gasteiger partial charge < -0.3 is 9.88 Å². The number of nitrogens with zero attached hydrogens (tertiary/aromatic N) is 2. The first-order chi connectivity index (χ1) is 15.8. The number of hydrogen-bond donors (Lipinski definition) is 2. The molecule has 170 valence electrons. The number of aryl methyl sites for hydroxylation is 1. The van der Waals surface area contributed by atoms with Crippen LogP contribution in [0.1, 0.15) is 23.7 Å². The Morgan fingerprint density at radius 1 is 1.06 bits per heavy atom. The summed E-state index contributed by atoms with van der Waals surface area (Å²) in [4.78, 5) is 16.6. The van der Waals surface area contributed by atoms with Crippen molar-refractivity contribution in [3.05, 3.63) is 78.1 Å². The maximum absolute atomic E-state index is 13.4. The maximum atomic E-state index is 13.4. The molecule has 0 fully saturated rings. The summed E-state index contributed by atoms with van der Waals surface area (Å²) >= 11 is 0. The summed E-state index contributed by atoms with van der Waals surface area (Å²) in [5, 5.41) is 2.84. The van der Waals surface area contributed by atoms with Crippen LogP contribution in [-0.4, -0.2) is 30.4 Å². The Morgan fingerprint density at radius 3 is 2.52 bits per heavy atom. The quantitative estimate of drug-likeness (QED) is 0.424. The SMILES string of the molecule is CCCNC(=O)c1ccc(-c2nc3cc(NS(=O)(=O)c4cccc(F)c4)ccc3n2C)cc1. The fourth-order valence-electron chi connectivity index (χ4n) is 3.48. The number of sulfonamides is 1. The number of carbonyl (C=O) groups excluding carboxylic acids is 1. The Balaban J connectivity index is 1.61. The highest BCUT2D eigenvalue weighted by atomic mass is 32.2. The highest BCUT2D eigenvalue weighted by Gasteiger charge is 2.17. The molecule has 3 aromatic carbocycles. The molecular formula is C24H23FN4O3S. The zero-order chi connectivity index (χ0) is 23.6. The van der Waals surface area contributed by atoms with Gasteiger partial charge in [-0.25, -0.2) is 17.8 Å². The van der Waals surface area contributed by atoms with Crippen molar-refractivity contribution in [2.75, 3.05) is 11.3 Å². The number of hydrogen-bond acceptors (Lipinski definition) is 4. The van der Waals surface area contributed by atoms with Gasteiger partial charge in [-0.2, -0.15) is 0 Å². The van der Waals surface area contributed by atoms with Gasteiger partial charge in [0, 0.05) is 24.7 Å². The van der Waals surface area contributed by atoms with Crippen LogP contribution < -0.4 is 10.0 Å². The van der Waals surface area contributed by atoms with Crippen LogP contribution in [0.3, 0.4) is 0 Å². The lowest BCUT2D eigenvalue weighted by atomic mass is 10.1. The number of halogens is 1. The third-order valence-corrected chi connectivity index (χ3v) is 6.56. The van der Waals surface area contributed by atoms with E-state index in [9.17, 15) is 17.6 Å². The number of carbonyl (C=O) groups is 1. The third kappa shape index (κ3) is 4.73. The average Bonchev–Trinajstić information content (AvgIpc) is 3.13. The van der Waals surface area contributed by atoms with Crippen molar-refractivity contribution in [2.24, 2.45) is 7.05 Å². The number of aromatic nitrogens is 2. The maximum Gasteiger partial charge on any atom is 0.261 e. The van der Waals surface area contributed by atoms with E-state index < -0.39 is 15.8 Å². The normalized spacial score (nSPS) is 11.5. The second kappa shape index (κ2) is 9.03. The molecule has 1 aromatic heterocycles. The minimum Gasteiger partial charge on any atom is -0.352 e. The average molecular weight is 467 g/mol. The Hall–Kier alpha value is -3.72. The molecule has 0 saturated carbocycles. The minimum atomic E-state index is -3.94. The first-order valence-corrected chi connectivity index (χ1v) is 11.9. The number of anilines is 1. The van der Waals surface area contributed by atoms with Crippen molar-refractivity contribution >= 4 is 32.7 Å². The number of rotatable bonds is 7. The molecule has 0 unspecified atom stereocenters. The van der Waals surface area contributed by atoms with E-state index in [-0.39, 0.29) is 10.8 Å². The molecule has 4 rings (SSSR count). The summed E-state index contributed by atoms with van der Waals surface area (Å²) in [6.45, 7) is 2.61. The van der Waals surface area contributed by atoms with Gasteiger partial charge in [-0.05, 0) is 55.0 Å². The molecule has 4 aromatic rings. The standard InChI is InChI=1S/C24H23FN4O3S/c1-3-13-26-24(30)17-9-7-16(8-10-17)23-27-21-15-19(11-12-22(21)29(23)2)28-33(31,32)20-6-4-5-18(25)14-20/h4-12,14-15,28H,3,13H2,1-2H3,(H,26,30). The van der Waals surface area contributed by atoms with Gasteiger partial charge in [-0.3, -0.25) is 9.52 Å². The number of imidazole rings is 1. The predicted molar refractivity (Wildman–Crippen MR) is 126 cm³/mol. The van der Waals surface area contributed by atoms with E-state index in [1.165, 1.54) is 18.2 Å². The van der Waals surface area contributed by atoms with E-state index in [1.54, 1.807) is 30.3 Å². The van der Waals surface area contributed by atoms with Crippen molar-refractivity contribution in [1.29, 1.82) is 0 Å². The highest BCUT2D eigenvalue weighted by Crippen LogP contribution is 2.27. The lowest BCUT2D eigenvalue weighted by Gasteiger charge is -2.08. The van der Waals surface area contributed by atoms with Crippen LogP contribution >= 0.6 is 0 Å². The van der Waals surface area contributed by atoms with Crippen LogP contribution in [0.15, 0.2) is 71.6 Å². The van der Waals surface area contributed by atoms with Crippen LogP contribution in [0.4, 0.5) is 10.1 Å². The van der Waals surface area contributed by atoms with Gasteiger partial charge in [-0.1, -0.05) is 25.1 Å². The van der Waals surface area contributed by atoms with E-state index in [0.717, 1.165) is 23.6 Å². The van der Waals surface area contributed by atoms with Gasteiger partial charge in [-0.15, -0.1) is 0 Å². The molecule has 2 N–H and O–H groups in total. The second-order valence-corrected chi connectivity index (χ2v) is 9.28. The summed E-state index contributed by atoms with van der Waals surface area (Å²) in [6.07, 6.45) is 0.865. The van der Waals surface area contributed by atoms with Crippen LogP contribution in [0.2, 0.25) is 0 Å². The Kier molecular flexibility index (Phi) is 6.15. The van der Waals surface area contributed by atoms with Crippen molar-refractivity contribution in [3.63, 3.8) is 0 Å². The van der Waals surface area contributed by atoms with Gasteiger partial charge >= 0.3 is 0 Å². The molecule has 0 aliphatic rings. The Bertz CT molecular complexity index is 1430. The van der Waals surface area contributed by atoms with Gasteiger partial charge in [0.05, 0.1) is 21.6 Å². The summed E-state index contributed by atoms with van der Waals surface area (Å²) in [5.41, 5.74) is 3.11. The molecule has 33 heavy (non-hydrogen) atoms. The van der Waals surface area contributed by atoms with Crippen molar-refractivity contribution in [1.82, 2.24) is 14.9 Å². The summed E-state index contributed by atoms with van der Waals surface area (Å²) in [5.74, 6) is -0.0733. The van der Waals surface area contributed by atoms with Crippen LogP contribution in [-0.2, 0) is 17.1 Å². The zero-order valence-corrected chi connectivity index (χ0v) is 19.0. The van der Waals surface area contributed by atoms with E-state index in [1.807, 2.05) is 30.7 Å². The molecule has 7 nitrogen and oxygen atoms in total. The third-order valence-electron chi connectivity index (χ3n) is 5.18. The summed E-state index contributed by atoms with van der Waals surface area (Å²) < 4.78 is 43.0. The largest absolute Gasteiger partial charge is 0.352 e. The van der Waals surface area contributed by atoms with Crippen molar-refractivity contribution < 1.29 is 17.6 Å². The van der Waals surface area contributed by atoms with Crippen molar-refractivity contribution in [2.45, 2.75) is 18.2 Å². The van der Waals surface area contributed by atoms with Gasteiger partial charge in [0.1, 0.15) is 11.6 Å². The van der Waals surface area contributed by atoms with Crippen LogP contribution in [0.25, 0.3) is 22.4 Å². The first-order valence-electron chi connectivity index (χ1n) is 10.4. The monoisotopic (exact) mass is 466 g/mol. The van der Waals surface area contributed by atoms with Gasteiger partial charge in [0.15, 0.2) is 0 Å². The molecule has 0 spiro atoms. The van der Waals surface area contributed by atoms with Crippen LogP contribution in [0.5, 0.6) is 0 Å². The Morgan fingerprint density at radius 2 is 1.82 bits per heavy atom. The molecule has 0 aliphatic heterocycles. The molecule has 0 atom stereocenters. The zero-order valence-electron chi connectivity index (χ0n) is 18.2. The van der Waals surface area contributed by atoms with E-state index >= 15 is 0 Å². The smallest absolute Gasteiger partial charge is 0.261 e. The molecule has 9 heteroatoms. The lowest BCUT2D eigenvalue weighted by Crippen LogP contribution is -2.23. The molecular weight excluding hydrogens is 443 g/mol. The van der Waals surface area contributed by atoms with Gasteiger partial charge in [0.2, 0.25) is 0 Å². The van der Waals surface area contributed by atoms with E-state index in [0.29, 0.717) is 29.1 Å². The molecule has 0 saturated heterocycles. The van der Waals surface area contributed by atoms with E-state index in [4.69, 9.17) is 0 Å². The fourth-order valence-corrected chi connectivity index (χ4v) is 4.56.